The predicted molar refractivity (Wildman–Crippen MR) is 85.2 cm³/mol. The maximum atomic E-state index is 12.4. The number of Topliss-reactive ketones (excluding diaryl/α,β-unsaturated/α-hetero) is 1. The number of ether oxygens (including phenoxy) is 3. The van der Waals surface area contributed by atoms with Crippen LogP contribution in [-0.4, -0.2) is 32.1 Å². The molecular formula is C18H18O5. The summed E-state index contributed by atoms with van der Waals surface area (Å²) in [6, 6.07) is 13.6. The van der Waals surface area contributed by atoms with E-state index >= 15 is 0 Å². The summed E-state index contributed by atoms with van der Waals surface area (Å²) in [6.45, 7) is 1.54. The van der Waals surface area contributed by atoms with Gasteiger partial charge in [0.15, 0.2) is 6.10 Å². The van der Waals surface area contributed by atoms with E-state index in [-0.39, 0.29) is 11.3 Å². The predicted octanol–water partition coefficient (Wildman–Crippen LogP) is 3.13. The summed E-state index contributed by atoms with van der Waals surface area (Å²) < 4.78 is 15.6. The molecular weight excluding hydrogens is 296 g/mol. The lowest BCUT2D eigenvalue weighted by atomic mass is 10.1. The molecule has 120 valence electrons. The van der Waals surface area contributed by atoms with Crippen LogP contribution in [0.15, 0.2) is 48.5 Å². The second-order valence-corrected chi connectivity index (χ2v) is 4.82. The third-order valence-electron chi connectivity index (χ3n) is 3.34. The molecule has 0 N–H and O–H groups in total. The van der Waals surface area contributed by atoms with E-state index in [4.69, 9.17) is 14.2 Å². The summed E-state index contributed by atoms with van der Waals surface area (Å²) >= 11 is 0. The van der Waals surface area contributed by atoms with Gasteiger partial charge in [0.1, 0.15) is 17.1 Å². The summed E-state index contributed by atoms with van der Waals surface area (Å²) in [4.78, 5) is 24.7. The van der Waals surface area contributed by atoms with Crippen molar-refractivity contribution in [2.24, 2.45) is 0 Å². The highest BCUT2D eigenvalue weighted by Crippen LogP contribution is 2.29. The fraction of sp³-hybridized carbons (Fsp3) is 0.222. The highest BCUT2D eigenvalue weighted by molar-refractivity contribution is 6.02. The van der Waals surface area contributed by atoms with E-state index in [9.17, 15) is 9.59 Å². The fourth-order valence-electron chi connectivity index (χ4n) is 2.16. The maximum absolute atomic E-state index is 12.4. The van der Waals surface area contributed by atoms with E-state index in [1.54, 1.807) is 42.5 Å². The number of rotatable bonds is 6. The minimum atomic E-state index is -0.917. The normalized spacial score (nSPS) is 11.4. The number of ketones is 1. The van der Waals surface area contributed by atoms with Gasteiger partial charge in [-0.15, -0.1) is 0 Å². The molecule has 0 saturated carbocycles. The first-order valence-electron chi connectivity index (χ1n) is 7.09. The monoisotopic (exact) mass is 314 g/mol. The van der Waals surface area contributed by atoms with Crippen molar-refractivity contribution in [2.45, 2.75) is 13.0 Å². The Morgan fingerprint density at radius 2 is 1.43 bits per heavy atom. The lowest BCUT2D eigenvalue weighted by molar-refractivity contribution is 0.0313. The molecule has 0 heterocycles. The van der Waals surface area contributed by atoms with Crippen LogP contribution in [-0.2, 0) is 4.74 Å². The molecule has 0 fully saturated rings. The Bertz CT molecular complexity index is 672. The third kappa shape index (κ3) is 3.69. The van der Waals surface area contributed by atoms with Gasteiger partial charge < -0.3 is 14.2 Å². The van der Waals surface area contributed by atoms with Gasteiger partial charge in [-0.25, -0.2) is 4.79 Å². The van der Waals surface area contributed by atoms with Crippen molar-refractivity contribution in [2.75, 3.05) is 14.2 Å². The Balaban J connectivity index is 2.21. The van der Waals surface area contributed by atoms with Gasteiger partial charge in [-0.1, -0.05) is 36.4 Å². The zero-order chi connectivity index (χ0) is 16.8. The summed E-state index contributed by atoms with van der Waals surface area (Å²) in [6.07, 6.45) is -0.917. The average Bonchev–Trinajstić information content (AvgIpc) is 2.60. The molecule has 0 saturated heterocycles. The lowest BCUT2D eigenvalue weighted by Gasteiger charge is -2.15. The highest BCUT2D eigenvalue weighted by atomic mass is 16.6. The largest absolute Gasteiger partial charge is 0.496 e. The summed E-state index contributed by atoms with van der Waals surface area (Å²) in [5, 5.41) is 0. The van der Waals surface area contributed by atoms with Gasteiger partial charge in [0.2, 0.25) is 5.78 Å². The average molecular weight is 314 g/mol. The van der Waals surface area contributed by atoms with Crippen LogP contribution >= 0.6 is 0 Å². The van der Waals surface area contributed by atoms with Gasteiger partial charge in [0.05, 0.1) is 14.2 Å². The van der Waals surface area contributed by atoms with Crippen molar-refractivity contribution in [3.05, 3.63) is 59.7 Å². The van der Waals surface area contributed by atoms with Crippen LogP contribution in [0.3, 0.4) is 0 Å². The number of esters is 1. The fourth-order valence-corrected chi connectivity index (χ4v) is 2.16. The van der Waals surface area contributed by atoms with Crippen molar-refractivity contribution >= 4 is 11.8 Å². The minimum absolute atomic E-state index is 0.158. The number of hydrogen-bond donors (Lipinski definition) is 0. The van der Waals surface area contributed by atoms with Crippen molar-refractivity contribution in [3.63, 3.8) is 0 Å². The zero-order valence-electron chi connectivity index (χ0n) is 13.2. The van der Waals surface area contributed by atoms with Gasteiger partial charge in [-0.05, 0) is 19.1 Å². The van der Waals surface area contributed by atoms with E-state index < -0.39 is 12.1 Å². The van der Waals surface area contributed by atoms with E-state index in [0.29, 0.717) is 17.1 Å². The first-order chi connectivity index (χ1) is 11.1. The van der Waals surface area contributed by atoms with Crippen LogP contribution in [0.2, 0.25) is 0 Å². The van der Waals surface area contributed by atoms with Crippen molar-refractivity contribution in [1.82, 2.24) is 0 Å². The van der Waals surface area contributed by atoms with Crippen LogP contribution < -0.4 is 9.47 Å². The molecule has 23 heavy (non-hydrogen) atoms. The van der Waals surface area contributed by atoms with Crippen LogP contribution in [0.5, 0.6) is 11.5 Å². The lowest BCUT2D eigenvalue weighted by Crippen LogP contribution is -2.25. The molecule has 0 aliphatic heterocycles. The molecule has 0 aliphatic rings. The van der Waals surface area contributed by atoms with E-state index in [1.165, 1.54) is 21.1 Å². The standard InChI is InChI=1S/C18H18O5/c1-12(17(19)13-8-5-4-6-9-13)23-18(20)16-14(21-2)10-7-11-15(16)22-3/h4-12H,1-3H3. The van der Waals surface area contributed by atoms with Crippen molar-refractivity contribution < 1.29 is 23.8 Å². The Morgan fingerprint density at radius 3 is 1.96 bits per heavy atom. The van der Waals surface area contributed by atoms with Crippen LogP contribution in [0, 0.1) is 0 Å². The Morgan fingerprint density at radius 1 is 0.870 bits per heavy atom. The van der Waals surface area contributed by atoms with Gasteiger partial charge in [0.25, 0.3) is 0 Å². The van der Waals surface area contributed by atoms with Crippen molar-refractivity contribution in [1.29, 1.82) is 0 Å². The first kappa shape index (κ1) is 16.5. The molecule has 1 atom stereocenters. The smallest absolute Gasteiger partial charge is 0.346 e. The Kier molecular flexibility index (Phi) is 5.36. The van der Waals surface area contributed by atoms with Gasteiger partial charge in [-0.2, -0.15) is 0 Å². The summed E-state index contributed by atoms with van der Waals surface area (Å²) in [5.74, 6) is -0.286. The Hall–Kier alpha value is -2.82. The Labute approximate surface area is 134 Å². The van der Waals surface area contributed by atoms with E-state index in [2.05, 4.69) is 0 Å². The molecule has 1 unspecified atom stereocenters. The third-order valence-corrected chi connectivity index (χ3v) is 3.34. The van der Waals surface area contributed by atoms with Crippen LogP contribution in [0.4, 0.5) is 0 Å². The molecule has 0 spiro atoms. The SMILES string of the molecule is COc1cccc(OC)c1C(=O)OC(C)C(=O)c1ccccc1. The number of carbonyl (C=O) groups excluding carboxylic acids is 2. The molecule has 0 aliphatic carbocycles. The molecule has 0 amide bonds. The molecule has 2 rings (SSSR count). The number of benzene rings is 2. The molecule has 5 nitrogen and oxygen atoms in total. The quantitative estimate of drug-likeness (QED) is 0.605. The molecule has 2 aromatic rings. The highest BCUT2D eigenvalue weighted by Gasteiger charge is 2.25. The number of hydrogen-bond acceptors (Lipinski definition) is 5. The molecule has 5 heteroatoms. The molecule has 0 aromatic heterocycles. The molecule has 0 radical (unpaired) electrons. The molecule has 0 bridgehead atoms. The second-order valence-electron chi connectivity index (χ2n) is 4.82. The zero-order valence-corrected chi connectivity index (χ0v) is 13.2. The van der Waals surface area contributed by atoms with Gasteiger partial charge >= 0.3 is 5.97 Å². The number of carbonyl (C=O) groups is 2. The minimum Gasteiger partial charge on any atom is -0.496 e. The van der Waals surface area contributed by atoms with Crippen LogP contribution in [0.1, 0.15) is 27.6 Å². The van der Waals surface area contributed by atoms with Crippen LogP contribution in [0.25, 0.3) is 0 Å². The van der Waals surface area contributed by atoms with Gasteiger partial charge in [-0.3, -0.25) is 4.79 Å². The van der Waals surface area contributed by atoms with Gasteiger partial charge in [0, 0.05) is 5.56 Å². The first-order valence-corrected chi connectivity index (χ1v) is 7.09. The topological polar surface area (TPSA) is 61.8 Å². The van der Waals surface area contributed by atoms with Crippen molar-refractivity contribution in [3.8, 4) is 11.5 Å². The summed E-state index contributed by atoms with van der Waals surface area (Å²) in [7, 11) is 2.90. The molecule has 2 aromatic carbocycles. The maximum Gasteiger partial charge on any atom is 0.346 e. The number of methoxy groups -OCH3 is 2. The van der Waals surface area contributed by atoms with E-state index in [0.717, 1.165) is 0 Å². The summed E-state index contributed by atoms with van der Waals surface area (Å²) in [5.41, 5.74) is 0.644. The second kappa shape index (κ2) is 7.45. The van der Waals surface area contributed by atoms with E-state index in [1.807, 2.05) is 6.07 Å².